The van der Waals surface area contributed by atoms with Crippen LogP contribution in [0.1, 0.15) is 12.0 Å². The number of allylic oxidation sites excluding steroid dienone is 2. The molecule has 7 heteroatoms. The van der Waals surface area contributed by atoms with E-state index in [1.165, 1.54) is 9.80 Å². The minimum absolute atomic E-state index is 0.00791. The lowest BCUT2D eigenvalue weighted by Gasteiger charge is -2.32. The van der Waals surface area contributed by atoms with Crippen LogP contribution in [0.4, 0.5) is 5.69 Å². The van der Waals surface area contributed by atoms with Crippen molar-refractivity contribution in [1.82, 2.24) is 4.90 Å². The van der Waals surface area contributed by atoms with Crippen LogP contribution in [0.2, 0.25) is 0 Å². The summed E-state index contributed by atoms with van der Waals surface area (Å²) in [5, 5.41) is 0. The van der Waals surface area contributed by atoms with Gasteiger partial charge in [-0.05, 0) is 37.3 Å². The summed E-state index contributed by atoms with van der Waals surface area (Å²) < 4.78 is 6.18. The molecule has 32 heavy (non-hydrogen) atoms. The van der Waals surface area contributed by atoms with Gasteiger partial charge in [0.25, 0.3) is 0 Å². The molecule has 6 aliphatic rings. The number of ether oxygens (including phenoxy) is 1. The largest absolute Gasteiger partial charge is 0.360 e. The number of fused-ring (bicyclic) bond motifs is 10. The van der Waals surface area contributed by atoms with Gasteiger partial charge in [0.05, 0.1) is 42.0 Å². The summed E-state index contributed by atoms with van der Waals surface area (Å²) in [7, 11) is 0. The van der Waals surface area contributed by atoms with Gasteiger partial charge in [0.1, 0.15) is 5.60 Å². The molecule has 0 N–H and O–H groups in total. The zero-order valence-electron chi connectivity index (χ0n) is 17.5. The summed E-state index contributed by atoms with van der Waals surface area (Å²) in [4.78, 5) is 55.8. The molecule has 4 heterocycles. The highest BCUT2D eigenvalue weighted by Gasteiger charge is 2.70. The van der Waals surface area contributed by atoms with E-state index in [2.05, 4.69) is 12.2 Å². The first-order chi connectivity index (χ1) is 15.4. The number of hydrogen-bond acceptors (Lipinski definition) is 5. The maximum atomic E-state index is 13.5. The number of aryl methyl sites for hydroxylation is 1. The van der Waals surface area contributed by atoms with E-state index >= 15 is 0 Å². The number of carbonyl (C=O) groups is 4. The van der Waals surface area contributed by atoms with Crippen molar-refractivity contribution >= 4 is 29.3 Å². The average molecular weight is 430 g/mol. The Morgan fingerprint density at radius 3 is 2.19 bits per heavy atom. The number of carbonyl (C=O) groups excluding carboxylic acids is 4. The van der Waals surface area contributed by atoms with Gasteiger partial charge in [-0.1, -0.05) is 42.0 Å². The lowest BCUT2D eigenvalue weighted by atomic mass is 9.76. The van der Waals surface area contributed by atoms with Crippen LogP contribution >= 0.6 is 0 Å². The van der Waals surface area contributed by atoms with Crippen molar-refractivity contribution in [2.24, 2.45) is 35.5 Å². The highest BCUT2D eigenvalue weighted by Crippen LogP contribution is 2.56. The van der Waals surface area contributed by atoms with E-state index in [4.69, 9.17) is 4.74 Å². The second kappa shape index (κ2) is 5.84. The maximum absolute atomic E-state index is 13.5. The van der Waals surface area contributed by atoms with E-state index in [9.17, 15) is 19.2 Å². The fourth-order valence-corrected chi connectivity index (χ4v) is 7.00. The van der Waals surface area contributed by atoms with Gasteiger partial charge >= 0.3 is 0 Å². The van der Waals surface area contributed by atoms with E-state index in [1.54, 1.807) is 18.2 Å². The number of likely N-dealkylation sites (tertiary alicyclic amines) is 1. The van der Waals surface area contributed by atoms with E-state index in [0.717, 1.165) is 12.0 Å². The molecular formula is C25H22N2O5. The van der Waals surface area contributed by atoms with Crippen LogP contribution in [0.25, 0.3) is 0 Å². The van der Waals surface area contributed by atoms with Gasteiger partial charge in [-0.15, -0.1) is 0 Å². The van der Waals surface area contributed by atoms with Crippen LogP contribution in [-0.4, -0.2) is 46.8 Å². The SMILES string of the molecule is Cc1ccc(N2C(=O)[C@@H]3[C@@H]4C=C[C@](CN5C(=O)[C@@H]6[C@H](C5=O)[C@H]5C=C[C@H]6C5)(O4)[C@@H]3C2=O)cc1. The van der Waals surface area contributed by atoms with Gasteiger partial charge in [0, 0.05) is 0 Å². The fraction of sp³-hybridized carbons (Fsp3) is 0.440. The van der Waals surface area contributed by atoms with E-state index < -0.39 is 23.5 Å². The van der Waals surface area contributed by atoms with Crippen molar-refractivity contribution in [3.05, 3.63) is 54.1 Å². The minimum Gasteiger partial charge on any atom is -0.360 e. The lowest BCUT2D eigenvalue weighted by molar-refractivity contribution is -0.146. The molecule has 1 aromatic carbocycles. The zero-order valence-corrected chi connectivity index (χ0v) is 17.5. The molecule has 8 atom stereocenters. The van der Waals surface area contributed by atoms with Gasteiger partial charge in [0.15, 0.2) is 0 Å². The molecule has 1 aromatic rings. The maximum Gasteiger partial charge on any atom is 0.241 e. The average Bonchev–Trinajstić information content (AvgIpc) is 3.60. The molecule has 4 bridgehead atoms. The number of benzene rings is 1. The number of rotatable bonds is 3. The Hall–Kier alpha value is -3.06. The molecule has 4 aliphatic heterocycles. The molecule has 0 spiro atoms. The molecule has 1 saturated carbocycles. The van der Waals surface area contributed by atoms with Crippen molar-refractivity contribution in [2.45, 2.75) is 25.0 Å². The summed E-state index contributed by atoms with van der Waals surface area (Å²) in [6.07, 6.45) is 8.08. The van der Waals surface area contributed by atoms with Gasteiger partial charge in [0.2, 0.25) is 23.6 Å². The minimum atomic E-state index is -1.14. The third kappa shape index (κ3) is 2.05. The predicted octanol–water partition coefficient (Wildman–Crippen LogP) is 1.62. The van der Waals surface area contributed by atoms with Crippen molar-refractivity contribution in [2.75, 3.05) is 11.4 Å². The smallest absolute Gasteiger partial charge is 0.241 e. The second-order valence-corrected chi connectivity index (χ2v) is 10.0. The number of imide groups is 2. The van der Waals surface area contributed by atoms with Gasteiger partial charge in [-0.25, -0.2) is 4.90 Å². The van der Waals surface area contributed by atoms with Crippen LogP contribution in [0.5, 0.6) is 0 Å². The topological polar surface area (TPSA) is 84.0 Å². The Balaban J connectivity index is 1.22. The second-order valence-electron chi connectivity index (χ2n) is 10.0. The van der Waals surface area contributed by atoms with Crippen LogP contribution in [0.3, 0.4) is 0 Å². The van der Waals surface area contributed by atoms with Gasteiger partial charge in [-0.2, -0.15) is 0 Å². The Morgan fingerprint density at radius 2 is 1.53 bits per heavy atom. The van der Waals surface area contributed by atoms with Gasteiger partial charge in [-0.3, -0.25) is 24.1 Å². The summed E-state index contributed by atoms with van der Waals surface area (Å²) in [5.74, 6) is -2.63. The molecule has 4 fully saturated rings. The van der Waals surface area contributed by atoms with Crippen LogP contribution in [-0.2, 0) is 23.9 Å². The number of anilines is 1. The summed E-state index contributed by atoms with van der Waals surface area (Å²) in [6.45, 7) is 1.94. The highest BCUT2D eigenvalue weighted by molar-refractivity contribution is 6.23. The molecule has 0 radical (unpaired) electrons. The van der Waals surface area contributed by atoms with Crippen molar-refractivity contribution in [3.8, 4) is 0 Å². The quantitative estimate of drug-likeness (QED) is 0.538. The third-order valence-electron chi connectivity index (χ3n) is 8.41. The molecule has 2 aliphatic carbocycles. The van der Waals surface area contributed by atoms with E-state index in [1.807, 2.05) is 25.1 Å². The molecule has 7 nitrogen and oxygen atoms in total. The summed E-state index contributed by atoms with van der Waals surface area (Å²) >= 11 is 0. The Morgan fingerprint density at radius 1 is 0.875 bits per heavy atom. The Bertz CT molecular complexity index is 1140. The molecule has 4 amide bonds. The first-order valence-corrected chi connectivity index (χ1v) is 11.2. The van der Waals surface area contributed by atoms with Crippen LogP contribution in [0.15, 0.2) is 48.6 Å². The standard InChI is InChI=1S/C25H22N2O5/c1-12-2-6-15(7-3-12)27-23(30)19-16-8-9-25(32-16,20(19)24(27)31)11-26-21(28)17-13-4-5-14(10-13)18(17)22(26)29/h2-9,13-14,16-20H,10-11H2,1H3/t13-,14-,16-,17-,18+,19+,20-,25+/m0/s1. The first-order valence-electron chi connectivity index (χ1n) is 11.2. The number of nitrogens with zero attached hydrogens (tertiary/aromatic N) is 2. The Kier molecular flexibility index (Phi) is 3.38. The monoisotopic (exact) mass is 430 g/mol. The van der Waals surface area contributed by atoms with E-state index in [-0.39, 0.29) is 53.8 Å². The number of hydrogen-bond donors (Lipinski definition) is 0. The van der Waals surface area contributed by atoms with Gasteiger partial charge < -0.3 is 4.74 Å². The number of amides is 4. The van der Waals surface area contributed by atoms with Crippen molar-refractivity contribution in [1.29, 1.82) is 0 Å². The van der Waals surface area contributed by atoms with Crippen molar-refractivity contribution in [3.63, 3.8) is 0 Å². The lowest BCUT2D eigenvalue weighted by Crippen LogP contribution is -2.51. The fourth-order valence-electron chi connectivity index (χ4n) is 7.00. The first kappa shape index (κ1) is 18.5. The summed E-state index contributed by atoms with van der Waals surface area (Å²) in [5.41, 5.74) is 0.438. The normalized spacial score (nSPS) is 42.7. The van der Waals surface area contributed by atoms with E-state index in [0.29, 0.717) is 5.69 Å². The third-order valence-corrected chi connectivity index (χ3v) is 8.41. The molecule has 162 valence electrons. The van der Waals surface area contributed by atoms with Crippen LogP contribution in [0, 0.1) is 42.4 Å². The predicted molar refractivity (Wildman–Crippen MR) is 112 cm³/mol. The highest BCUT2D eigenvalue weighted by atomic mass is 16.5. The van der Waals surface area contributed by atoms with Crippen LogP contribution < -0.4 is 4.90 Å². The van der Waals surface area contributed by atoms with Crippen molar-refractivity contribution < 1.29 is 23.9 Å². The molecule has 7 rings (SSSR count). The zero-order chi connectivity index (χ0) is 21.9. The molecule has 0 aromatic heterocycles. The molecule has 3 saturated heterocycles. The Labute approximate surface area is 184 Å². The summed E-state index contributed by atoms with van der Waals surface area (Å²) in [6, 6.07) is 7.27. The molecular weight excluding hydrogens is 408 g/mol. The molecule has 0 unspecified atom stereocenters.